The van der Waals surface area contributed by atoms with Gasteiger partial charge in [0.1, 0.15) is 16.7 Å². The van der Waals surface area contributed by atoms with Crippen molar-refractivity contribution in [3.05, 3.63) is 72.8 Å². The highest BCUT2D eigenvalue weighted by atomic mass is 16.7. The highest BCUT2D eigenvalue weighted by Gasteiger charge is 2.51. The van der Waals surface area contributed by atoms with E-state index in [-0.39, 0.29) is 0 Å². The first-order valence-corrected chi connectivity index (χ1v) is 11.9. The Morgan fingerprint density at radius 1 is 0.657 bits per heavy atom. The van der Waals surface area contributed by atoms with Crippen LogP contribution in [0.15, 0.2) is 81.6 Å². The minimum absolute atomic E-state index is 0.390. The van der Waals surface area contributed by atoms with E-state index in [1.54, 1.807) is 0 Å². The van der Waals surface area contributed by atoms with Gasteiger partial charge in [0.25, 0.3) is 0 Å². The molecule has 3 heterocycles. The average molecular weight is 461 g/mol. The van der Waals surface area contributed by atoms with Gasteiger partial charge in [-0.3, -0.25) is 0 Å². The van der Waals surface area contributed by atoms with Crippen LogP contribution in [0, 0.1) is 0 Å². The molecule has 1 aliphatic heterocycles. The minimum atomic E-state index is -0.432. The van der Waals surface area contributed by atoms with Crippen LogP contribution in [0.5, 0.6) is 0 Å². The normalized spacial score (nSPS) is 17.3. The molecule has 172 valence electrons. The second kappa shape index (κ2) is 6.97. The molecule has 0 saturated carbocycles. The molecule has 2 aromatic heterocycles. The summed E-state index contributed by atoms with van der Waals surface area (Å²) in [5.74, 6) is 0.608. The van der Waals surface area contributed by atoms with Crippen LogP contribution in [0.3, 0.4) is 0 Å². The van der Waals surface area contributed by atoms with Gasteiger partial charge in [-0.25, -0.2) is 4.98 Å². The van der Waals surface area contributed by atoms with E-state index >= 15 is 0 Å². The third-order valence-corrected chi connectivity index (χ3v) is 7.55. The monoisotopic (exact) mass is 461 g/mol. The number of benzene rings is 4. The highest BCUT2D eigenvalue weighted by Crippen LogP contribution is 2.38. The molecule has 1 fully saturated rings. The lowest BCUT2D eigenvalue weighted by atomic mass is 9.79. The quantitative estimate of drug-likeness (QED) is 0.264. The van der Waals surface area contributed by atoms with E-state index in [1.807, 2.05) is 48.5 Å². The van der Waals surface area contributed by atoms with Gasteiger partial charge < -0.3 is 18.1 Å². The van der Waals surface area contributed by atoms with Gasteiger partial charge in [0.15, 0.2) is 5.58 Å². The van der Waals surface area contributed by atoms with E-state index in [9.17, 15) is 0 Å². The van der Waals surface area contributed by atoms with Crippen LogP contribution in [-0.4, -0.2) is 23.3 Å². The minimum Gasteiger partial charge on any atom is -0.456 e. The molecule has 0 unspecified atom stereocenters. The topological polar surface area (TPSA) is 57.6 Å². The van der Waals surface area contributed by atoms with E-state index < -0.39 is 18.3 Å². The zero-order valence-electron chi connectivity index (χ0n) is 20.1. The maximum atomic E-state index is 6.25. The van der Waals surface area contributed by atoms with Gasteiger partial charge >= 0.3 is 7.12 Å². The number of hydrogen-bond acceptors (Lipinski definition) is 5. The fourth-order valence-corrected chi connectivity index (χ4v) is 4.87. The van der Waals surface area contributed by atoms with Crippen LogP contribution in [0.2, 0.25) is 0 Å². The predicted octanol–water partition coefficient (Wildman–Crippen LogP) is 6.85. The molecule has 0 amide bonds. The summed E-state index contributed by atoms with van der Waals surface area (Å²) in [4.78, 5) is 4.83. The van der Waals surface area contributed by atoms with E-state index in [0.29, 0.717) is 11.5 Å². The molecule has 4 aromatic carbocycles. The molecule has 1 saturated heterocycles. The van der Waals surface area contributed by atoms with Crippen molar-refractivity contribution in [3.63, 3.8) is 0 Å². The van der Waals surface area contributed by atoms with Crippen molar-refractivity contribution in [1.82, 2.24) is 4.98 Å². The van der Waals surface area contributed by atoms with E-state index in [4.69, 9.17) is 23.1 Å². The molecular formula is C29H24BNO4. The molecule has 0 aliphatic carbocycles. The van der Waals surface area contributed by atoms with Gasteiger partial charge in [0, 0.05) is 22.4 Å². The summed E-state index contributed by atoms with van der Waals surface area (Å²) >= 11 is 0. The molecule has 35 heavy (non-hydrogen) atoms. The molecule has 1 aliphatic rings. The van der Waals surface area contributed by atoms with Gasteiger partial charge in [-0.1, -0.05) is 48.5 Å². The van der Waals surface area contributed by atoms with Crippen LogP contribution < -0.4 is 5.46 Å². The van der Waals surface area contributed by atoms with Crippen LogP contribution in [0.4, 0.5) is 0 Å². The summed E-state index contributed by atoms with van der Waals surface area (Å²) in [7, 11) is -0.432. The maximum Gasteiger partial charge on any atom is 0.494 e. The van der Waals surface area contributed by atoms with Crippen molar-refractivity contribution in [3.8, 4) is 11.5 Å². The van der Waals surface area contributed by atoms with Crippen molar-refractivity contribution in [2.75, 3.05) is 0 Å². The standard InChI is InChI=1S/C29H24BNO4/c1-28(2)29(3,4)35-30(34-28)18-12-13-20-22-15-23-26(16-25(22)32-24(20)14-18)33-27(31-23)21-11-7-9-17-8-5-6-10-19(17)21/h5-16H,1-4H3. The molecule has 0 atom stereocenters. The Morgan fingerprint density at radius 2 is 1.40 bits per heavy atom. The zero-order chi connectivity index (χ0) is 23.9. The summed E-state index contributed by atoms with van der Waals surface area (Å²) in [6.07, 6.45) is 0. The van der Waals surface area contributed by atoms with E-state index in [0.717, 1.165) is 49.3 Å². The Kier molecular flexibility index (Phi) is 4.13. The van der Waals surface area contributed by atoms with Gasteiger partial charge in [-0.2, -0.15) is 0 Å². The molecule has 7 rings (SSSR count). The smallest absolute Gasteiger partial charge is 0.456 e. The molecule has 0 bridgehead atoms. The van der Waals surface area contributed by atoms with Crippen molar-refractivity contribution < 1.29 is 18.1 Å². The number of fused-ring (bicyclic) bond motifs is 5. The van der Waals surface area contributed by atoms with Gasteiger partial charge in [-0.15, -0.1) is 0 Å². The summed E-state index contributed by atoms with van der Waals surface area (Å²) < 4.78 is 24.9. The predicted molar refractivity (Wildman–Crippen MR) is 140 cm³/mol. The molecule has 6 heteroatoms. The van der Waals surface area contributed by atoms with E-state index in [1.165, 1.54) is 0 Å². The third kappa shape index (κ3) is 3.07. The van der Waals surface area contributed by atoms with Crippen molar-refractivity contribution in [2.45, 2.75) is 38.9 Å². The van der Waals surface area contributed by atoms with Gasteiger partial charge in [0.05, 0.1) is 11.2 Å². The van der Waals surface area contributed by atoms with Crippen molar-refractivity contribution in [2.24, 2.45) is 0 Å². The number of oxazole rings is 1. The Bertz CT molecular complexity index is 1760. The van der Waals surface area contributed by atoms with E-state index in [2.05, 4.69) is 52.0 Å². The molecular weight excluding hydrogens is 437 g/mol. The summed E-state index contributed by atoms with van der Waals surface area (Å²) in [5, 5.41) is 4.30. The first-order chi connectivity index (χ1) is 16.8. The Morgan fingerprint density at radius 3 is 2.23 bits per heavy atom. The van der Waals surface area contributed by atoms with Crippen LogP contribution in [0.25, 0.3) is 55.3 Å². The van der Waals surface area contributed by atoms with Crippen LogP contribution in [-0.2, 0) is 9.31 Å². The number of nitrogens with zero attached hydrogens (tertiary/aromatic N) is 1. The second-order valence-corrected chi connectivity index (χ2v) is 10.3. The SMILES string of the molecule is CC1(C)OB(c2ccc3c(c2)oc2cc4oc(-c5cccc6ccccc56)nc4cc23)OC1(C)C. The molecule has 0 N–H and O–H groups in total. The largest absolute Gasteiger partial charge is 0.494 e. The first-order valence-electron chi connectivity index (χ1n) is 11.9. The summed E-state index contributed by atoms with van der Waals surface area (Å²) in [5.41, 5.74) is 4.19. The number of rotatable bonds is 2. The first kappa shape index (κ1) is 20.7. The number of hydrogen-bond donors (Lipinski definition) is 0. The van der Waals surface area contributed by atoms with Crippen LogP contribution >= 0.6 is 0 Å². The lowest BCUT2D eigenvalue weighted by Gasteiger charge is -2.32. The molecule has 0 spiro atoms. The fourth-order valence-electron chi connectivity index (χ4n) is 4.87. The third-order valence-electron chi connectivity index (χ3n) is 7.55. The number of furan rings is 1. The van der Waals surface area contributed by atoms with Gasteiger partial charge in [0.2, 0.25) is 5.89 Å². The lowest BCUT2D eigenvalue weighted by molar-refractivity contribution is 0.00578. The summed E-state index contributed by atoms with van der Waals surface area (Å²) in [6.45, 7) is 8.23. The number of aromatic nitrogens is 1. The average Bonchev–Trinajstić information content (AvgIpc) is 3.47. The maximum absolute atomic E-state index is 6.25. The van der Waals surface area contributed by atoms with Crippen LogP contribution in [0.1, 0.15) is 27.7 Å². The van der Waals surface area contributed by atoms with Crippen molar-refractivity contribution in [1.29, 1.82) is 0 Å². The van der Waals surface area contributed by atoms with Gasteiger partial charge in [-0.05, 0) is 62.1 Å². The molecule has 6 aromatic rings. The lowest BCUT2D eigenvalue weighted by Crippen LogP contribution is -2.41. The molecule has 5 nitrogen and oxygen atoms in total. The second-order valence-electron chi connectivity index (χ2n) is 10.3. The summed E-state index contributed by atoms with van der Waals surface area (Å²) in [6, 6.07) is 24.5. The van der Waals surface area contributed by atoms with Crippen molar-refractivity contribution >= 4 is 56.4 Å². The highest BCUT2D eigenvalue weighted by molar-refractivity contribution is 6.62. The Balaban J connectivity index is 1.32. The fraction of sp³-hybridized carbons (Fsp3) is 0.207. The Labute approximate surface area is 202 Å². The zero-order valence-corrected chi connectivity index (χ0v) is 20.1. The molecule has 0 radical (unpaired) electrons. The Hall–Kier alpha value is -3.61.